The van der Waals surface area contributed by atoms with Crippen LogP contribution < -0.4 is 5.32 Å². The molecule has 0 radical (unpaired) electrons. The first-order chi connectivity index (χ1) is 10.1. The van der Waals surface area contributed by atoms with Crippen LogP contribution in [0.4, 0.5) is 0 Å². The molecular weight excluding hydrogens is 304 g/mol. The van der Waals surface area contributed by atoms with Gasteiger partial charge in [-0.25, -0.2) is 13.4 Å². The van der Waals surface area contributed by atoms with Gasteiger partial charge >= 0.3 is 0 Å². The highest BCUT2D eigenvalue weighted by atomic mass is 32.2. The summed E-state index contributed by atoms with van der Waals surface area (Å²) >= 11 is 1.63. The zero-order valence-electron chi connectivity index (χ0n) is 11.7. The lowest BCUT2D eigenvalue weighted by molar-refractivity contribution is 0.520. The van der Waals surface area contributed by atoms with Gasteiger partial charge in [0.1, 0.15) is 5.01 Å². The van der Waals surface area contributed by atoms with Crippen LogP contribution in [0.2, 0.25) is 0 Å². The second-order valence-corrected chi connectivity index (χ2v) is 8.56. The van der Waals surface area contributed by atoms with Crippen molar-refractivity contribution in [3.63, 3.8) is 0 Å². The Labute approximate surface area is 129 Å². The first-order valence-electron chi connectivity index (χ1n) is 7.03. The summed E-state index contributed by atoms with van der Waals surface area (Å²) in [5.74, 6) is 0.922. The molecule has 1 aromatic heterocycles. The lowest BCUT2D eigenvalue weighted by atomic mass is 10.1. The van der Waals surface area contributed by atoms with Crippen LogP contribution in [0.3, 0.4) is 0 Å². The van der Waals surface area contributed by atoms with Crippen molar-refractivity contribution in [2.45, 2.75) is 13.0 Å². The smallest absolute Gasteiger partial charge is 0.150 e. The molecule has 2 heterocycles. The van der Waals surface area contributed by atoms with Crippen LogP contribution >= 0.6 is 11.3 Å². The van der Waals surface area contributed by atoms with Crippen LogP contribution in [0.5, 0.6) is 0 Å². The molecule has 1 unspecified atom stereocenters. The predicted molar refractivity (Wildman–Crippen MR) is 86.0 cm³/mol. The molecule has 1 N–H and O–H groups in total. The molecule has 1 saturated heterocycles. The molecule has 3 rings (SSSR count). The second kappa shape index (κ2) is 6.25. The number of aromatic nitrogens is 1. The first kappa shape index (κ1) is 14.7. The van der Waals surface area contributed by atoms with Crippen molar-refractivity contribution in [1.82, 2.24) is 10.3 Å². The van der Waals surface area contributed by atoms with E-state index in [1.807, 2.05) is 18.2 Å². The lowest BCUT2D eigenvalue weighted by Gasteiger charge is -2.07. The fourth-order valence-corrected chi connectivity index (χ4v) is 5.18. The lowest BCUT2D eigenvalue weighted by Crippen LogP contribution is -2.23. The average molecular weight is 322 g/mol. The SMILES string of the molecule is O=S1(=O)CCC(CNCc2nc(-c3ccccc3)cs2)C1. The van der Waals surface area contributed by atoms with Crippen molar-refractivity contribution in [1.29, 1.82) is 0 Å². The van der Waals surface area contributed by atoms with Crippen LogP contribution in [0.1, 0.15) is 11.4 Å². The molecule has 1 aliphatic heterocycles. The summed E-state index contributed by atoms with van der Waals surface area (Å²) in [6.07, 6.45) is 0.780. The van der Waals surface area contributed by atoms with Crippen LogP contribution in [0.25, 0.3) is 11.3 Å². The molecule has 1 fully saturated rings. The minimum atomic E-state index is -2.78. The van der Waals surface area contributed by atoms with Gasteiger partial charge in [-0.15, -0.1) is 11.3 Å². The van der Waals surface area contributed by atoms with Crippen LogP contribution in [-0.4, -0.2) is 31.5 Å². The molecule has 1 atom stereocenters. The summed E-state index contributed by atoms with van der Waals surface area (Å²) in [6.45, 7) is 1.45. The molecule has 1 aromatic carbocycles. The van der Waals surface area contributed by atoms with Gasteiger partial charge in [-0.05, 0) is 18.9 Å². The average Bonchev–Trinajstić information content (AvgIpc) is 3.07. The molecule has 0 aliphatic carbocycles. The third-order valence-electron chi connectivity index (χ3n) is 3.66. The van der Waals surface area contributed by atoms with Crippen molar-refractivity contribution >= 4 is 21.2 Å². The normalized spacial score (nSPS) is 20.7. The highest BCUT2D eigenvalue weighted by molar-refractivity contribution is 7.91. The summed E-state index contributed by atoms with van der Waals surface area (Å²) in [5, 5.41) is 6.43. The maximum Gasteiger partial charge on any atom is 0.150 e. The van der Waals surface area contributed by atoms with E-state index in [0.29, 0.717) is 18.1 Å². The van der Waals surface area contributed by atoms with E-state index in [4.69, 9.17) is 0 Å². The predicted octanol–water partition coefficient (Wildman–Crippen LogP) is 2.33. The molecule has 21 heavy (non-hydrogen) atoms. The maximum atomic E-state index is 11.4. The van der Waals surface area contributed by atoms with Crippen LogP contribution in [-0.2, 0) is 16.4 Å². The maximum absolute atomic E-state index is 11.4. The van der Waals surface area contributed by atoms with Gasteiger partial charge in [-0.1, -0.05) is 30.3 Å². The minimum absolute atomic E-state index is 0.253. The van der Waals surface area contributed by atoms with Crippen molar-refractivity contribution < 1.29 is 8.42 Å². The van der Waals surface area contributed by atoms with Crippen LogP contribution in [0.15, 0.2) is 35.7 Å². The molecule has 6 heteroatoms. The Bertz CT molecular complexity index is 695. The minimum Gasteiger partial charge on any atom is -0.310 e. The van der Waals surface area contributed by atoms with Gasteiger partial charge in [0.15, 0.2) is 9.84 Å². The number of sulfone groups is 1. The molecule has 0 spiro atoms. The van der Waals surface area contributed by atoms with Gasteiger partial charge in [0.2, 0.25) is 0 Å². The Morgan fingerprint density at radius 2 is 2.10 bits per heavy atom. The topological polar surface area (TPSA) is 59.1 Å². The number of rotatable bonds is 5. The highest BCUT2D eigenvalue weighted by Crippen LogP contribution is 2.22. The van der Waals surface area contributed by atoms with E-state index in [2.05, 4.69) is 27.8 Å². The summed E-state index contributed by atoms with van der Waals surface area (Å²) in [5.41, 5.74) is 2.13. The summed E-state index contributed by atoms with van der Waals surface area (Å²) < 4.78 is 22.8. The second-order valence-electron chi connectivity index (χ2n) is 5.39. The fraction of sp³-hybridized carbons (Fsp3) is 0.400. The van der Waals surface area contributed by atoms with E-state index in [1.165, 1.54) is 0 Å². The Hall–Kier alpha value is -1.24. The van der Waals surface area contributed by atoms with E-state index in [0.717, 1.165) is 29.2 Å². The van der Waals surface area contributed by atoms with Crippen molar-refractivity contribution in [3.05, 3.63) is 40.7 Å². The van der Waals surface area contributed by atoms with Crippen molar-refractivity contribution in [2.75, 3.05) is 18.1 Å². The van der Waals surface area contributed by atoms with E-state index >= 15 is 0 Å². The van der Waals surface area contributed by atoms with Crippen LogP contribution in [0, 0.1) is 5.92 Å². The Morgan fingerprint density at radius 1 is 1.29 bits per heavy atom. The first-order valence-corrected chi connectivity index (χ1v) is 9.73. The number of nitrogens with zero attached hydrogens (tertiary/aromatic N) is 1. The zero-order chi connectivity index (χ0) is 14.7. The van der Waals surface area contributed by atoms with Gasteiger partial charge in [0, 0.05) is 17.5 Å². The van der Waals surface area contributed by atoms with Crippen molar-refractivity contribution in [2.24, 2.45) is 5.92 Å². The molecule has 0 amide bonds. The summed E-state index contributed by atoms with van der Waals surface area (Å²) in [4.78, 5) is 4.61. The van der Waals surface area contributed by atoms with E-state index in [1.54, 1.807) is 11.3 Å². The zero-order valence-corrected chi connectivity index (χ0v) is 13.3. The monoisotopic (exact) mass is 322 g/mol. The number of hydrogen-bond acceptors (Lipinski definition) is 5. The molecule has 4 nitrogen and oxygen atoms in total. The summed E-state index contributed by atoms with van der Waals surface area (Å²) in [7, 11) is -2.78. The fourth-order valence-electron chi connectivity index (χ4n) is 2.55. The largest absolute Gasteiger partial charge is 0.310 e. The molecule has 0 bridgehead atoms. The third kappa shape index (κ3) is 3.90. The van der Waals surface area contributed by atoms with Gasteiger partial charge in [0.05, 0.1) is 17.2 Å². The summed E-state index contributed by atoms with van der Waals surface area (Å²) in [6, 6.07) is 10.1. The highest BCUT2D eigenvalue weighted by Gasteiger charge is 2.27. The van der Waals surface area contributed by atoms with Gasteiger partial charge in [0.25, 0.3) is 0 Å². The molecule has 0 saturated carbocycles. The third-order valence-corrected chi connectivity index (χ3v) is 6.34. The molecular formula is C15H18N2O2S2. The Morgan fingerprint density at radius 3 is 2.81 bits per heavy atom. The van der Waals surface area contributed by atoms with Crippen molar-refractivity contribution in [3.8, 4) is 11.3 Å². The molecule has 1 aliphatic rings. The van der Waals surface area contributed by atoms with Gasteiger partial charge < -0.3 is 5.32 Å². The quantitative estimate of drug-likeness (QED) is 0.918. The van der Waals surface area contributed by atoms with E-state index in [9.17, 15) is 8.42 Å². The van der Waals surface area contributed by atoms with Gasteiger partial charge in [-0.3, -0.25) is 0 Å². The number of thiazole rings is 1. The van der Waals surface area contributed by atoms with Gasteiger partial charge in [-0.2, -0.15) is 0 Å². The molecule has 112 valence electrons. The van der Waals surface area contributed by atoms with E-state index in [-0.39, 0.29) is 5.92 Å². The molecule has 2 aromatic rings. The number of hydrogen-bond donors (Lipinski definition) is 1. The van der Waals surface area contributed by atoms with E-state index < -0.39 is 9.84 Å². The Balaban J connectivity index is 1.52. The number of benzene rings is 1. The standard InChI is InChI=1S/C15H18N2O2S2/c18-21(19)7-6-12(11-21)8-16-9-15-17-14(10-20-15)13-4-2-1-3-5-13/h1-5,10,12,16H,6-9,11H2. The Kier molecular flexibility index (Phi) is 4.37. The number of nitrogens with one attached hydrogen (secondary N) is 1.